The van der Waals surface area contributed by atoms with Gasteiger partial charge in [0.15, 0.2) is 0 Å². The second-order valence-electron chi connectivity index (χ2n) is 5.68. The van der Waals surface area contributed by atoms with Crippen LogP contribution >= 0.6 is 11.8 Å². The Morgan fingerprint density at radius 2 is 1.94 bits per heavy atom. The Bertz CT molecular complexity index is 174. The molecule has 0 spiro atoms. The van der Waals surface area contributed by atoms with E-state index in [1.54, 1.807) is 0 Å². The number of thioether (sulfide) groups is 1. The lowest BCUT2D eigenvalue weighted by Gasteiger charge is -2.29. The molecule has 96 valence electrons. The Labute approximate surface area is 106 Å². The molecule has 0 aromatic heterocycles. The Morgan fingerprint density at radius 3 is 2.50 bits per heavy atom. The van der Waals surface area contributed by atoms with Crippen molar-refractivity contribution < 1.29 is 0 Å². The Balaban J connectivity index is 2.27. The molecule has 1 saturated carbocycles. The van der Waals surface area contributed by atoms with Crippen molar-refractivity contribution in [2.45, 2.75) is 52.9 Å². The van der Waals surface area contributed by atoms with Crippen LogP contribution in [0.25, 0.3) is 0 Å². The van der Waals surface area contributed by atoms with Gasteiger partial charge in [0.1, 0.15) is 0 Å². The van der Waals surface area contributed by atoms with Gasteiger partial charge >= 0.3 is 0 Å². The van der Waals surface area contributed by atoms with E-state index in [1.165, 1.54) is 56.7 Å². The molecule has 1 rings (SSSR count). The van der Waals surface area contributed by atoms with Crippen LogP contribution in [0.4, 0.5) is 0 Å². The first kappa shape index (κ1) is 14.4. The Hall–Kier alpha value is 0.310. The molecule has 0 unspecified atom stereocenters. The quantitative estimate of drug-likeness (QED) is 0.648. The van der Waals surface area contributed by atoms with Gasteiger partial charge in [-0.25, -0.2) is 0 Å². The summed E-state index contributed by atoms with van der Waals surface area (Å²) in [7, 11) is 0. The van der Waals surface area contributed by atoms with Crippen molar-refractivity contribution in [1.29, 1.82) is 0 Å². The summed E-state index contributed by atoms with van der Waals surface area (Å²) in [6.45, 7) is 9.30. The van der Waals surface area contributed by atoms with Crippen molar-refractivity contribution in [1.82, 2.24) is 5.32 Å². The SMILES string of the molecule is CCSCCC1(CNCC(C)C)CCCC1. The van der Waals surface area contributed by atoms with Crippen molar-refractivity contribution in [3.8, 4) is 0 Å². The van der Waals surface area contributed by atoms with Crippen LogP contribution in [0.15, 0.2) is 0 Å². The minimum atomic E-state index is 0.650. The maximum Gasteiger partial charge on any atom is 0.000821 e. The van der Waals surface area contributed by atoms with Crippen LogP contribution in [-0.4, -0.2) is 24.6 Å². The first-order valence-corrected chi connectivity index (χ1v) is 8.12. The van der Waals surface area contributed by atoms with Crippen LogP contribution in [0.2, 0.25) is 0 Å². The normalized spacial score (nSPS) is 19.5. The van der Waals surface area contributed by atoms with Gasteiger partial charge in [0.25, 0.3) is 0 Å². The minimum absolute atomic E-state index is 0.650. The summed E-state index contributed by atoms with van der Waals surface area (Å²) >= 11 is 2.11. The molecule has 0 aromatic carbocycles. The van der Waals surface area contributed by atoms with E-state index in [0.717, 1.165) is 5.92 Å². The molecule has 1 nitrogen and oxygen atoms in total. The van der Waals surface area contributed by atoms with Gasteiger partial charge < -0.3 is 5.32 Å². The maximum atomic E-state index is 3.69. The van der Waals surface area contributed by atoms with Crippen molar-refractivity contribution in [2.75, 3.05) is 24.6 Å². The summed E-state index contributed by atoms with van der Waals surface area (Å²) in [5, 5.41) is 3.69. The van der Waals surface area contributed by atoms with Crippen molar-refractivity contribution in [3.05, 3.63) is 0 Å². The fraction of sp³-hybridized carbons (Fsp3) is 1.00. The lowest BCUT2D eigenvalue weighted by Crippen LogP contribution is -2.34. The first-order valence-electron chi connectivity index (χ1n) is 6.97. The molecule has 0 aromatic rings. The Morgan fingerprint density at radius 1 is 1.25 bits per heavy atom. The van der Waals surface area contributed by atoms with E-state index in [9.17, 15) is 0 Å². The predicted octanol–water partition coefficient (Wildman–Crippen LogP) is 3.94. The molecule has 0 radical (unpaired) electrons. The summed E-state index contributed by atoms with van der Waals surface area (Å²) in [4.78, 5) is 0. The lowest BCUT2D eigenvalue weighted by molar-refractivity contribution is 0.267. The van der Waals surface area contributed by atoms with Crippen LogP contribution in [-0.2, 0) is 0 Å². The van der Waals surface area contributed by atoms with Gasteiger partial charge in [0.2, 0.25) is 0 Å². The molecule has 0 aliphatic heterocycles. The fourth-order valence-electron chi connectivity index (χ4n) is 2.70. The van der Waals surface area contributed by atoms with Gasteiger partial charge in [-0.2, -0.15) is 11.8 Å². The van der Waals surface area contributed by atoms with Crippen LogP contribution in [0, 0.1) is 11.3 Å². The van der Waals surface area contributed by atoms with E-state index in [-0.39, 0.29) is 0 Å². The molecule has 0 saturated heterocycles. The van der Waals surface area contributed by atoms with Crippen molar-refractivity contribution in [3.63, 3.8) is 0 Å². The molecule has 0 amide bonds. The highest BCUT2D eigenvalue weighted by atomic mass is 32.2. The van der Waals surface area contributed by atoms with Crippen LogP contribution in [0.1, 0.15) is 52.9 Å². The van der Waals surface area contributed by atoms with Crippen LogP contribution in [0.3, 0.4) is 0 Å². The van der Waals surface area contributed by atoms with Gasteiger partial charge in [0.05, 0.1) is 0 Å². The molecular weight excluding hydrogens is 214 g/mol. The molecule has 2 heteroatoms. The third-order valence-corrected chi connectivity index (χ3v) is 4.60. The lowest BCUT2D eigenvalue weighted by atomic mass is 9.83. The zero-order valence-corrected chi connectivity index (χ0v) is 12.2. The smallest absolute Gasteiger partial charge is 0.000821 e. The molecule has 16 heavy (non-hydrogen) atoms. The van der Waals surface area contributed by atoms with Gasteiger partial charge in [0, 0.05) is 6.54 Å². The topological polar surface area (TPSA) is 12.0 Å². The van der Waals surface area contributed by atoms with E-state index < -0.39 is 0 Å². The van der Waals surface area contributed by atoms with Gasteiger partial charge in [-0.15, -0.1) is 0 Å². The summed E-state index contributed by atoms with van der Waals surface area (Å²) < 4.78 is 0. The molecule has 0 bridgehead atoms. The standard InChI is InChI=1S/C14H29NS/c1-4-16-10-9-14(7-5-6-8-14)12-15-11-13(2)3/h13,15H,4-12H2,1-3H3. The molecule has 0 heterocycles. The third kappa shape index (κ3) is 5.09. The summed E-state index contributed by atoms with van der Waals surface area (Å²) in [5.74, 6) is 3.42. The highest BCUT2D eigenvalue weighted by Gasteiger charge is 2.32. The zero-order chi connectivity index (χ0) is 11.9. The largest absolute Gasteiger partial charge is 0.316 e. The predicted molar refractivity (Wildman–Crippen MR) is 76.2 cm³/mol. The van der Waals surface area contributed by atoms with E-state index in [1.807, 2.05) is 0 Å². The number of hydrogen-bond donors (Lipinski definition) is 1. The molecule has 1 fully saturated rings. The highest BCUT2D eigenvalue weighted by molar-refractivity contribution is 7.99. The monoisotopic (exact) mass is 243 g/mol. The summed E-state index contributed by atoms with van der Waals surface area (Å²) in [5.41, 5.74) is 0.650. The van der Waals surface area contributed by atoms with Gasteiger partial charge in [-0.3, -0.25) is 0 Å². The maximum absolute atomic E-state index is 3.69. The van der Waals surface area contributed by atoms with Crippen LogP contribution < -0.4 is 5.32 Å². The molecule has 1 aliphatic carbocycles. The fourth-order valence-corrected chi connectivity index (χ4v) is 3.57. The summed E-state index contributed by atoms with van der Waals surface area (Å²) in [6, 6.07) is 0. The van der Waals surface area contributed by atoms with E-state index >= 15 is 0 Å². The molecule has 1 aliphatic rings. The van der Waals surface area contributed by atoms with E-state index in [2.05, 4.69) is 37.8 Å². The minimum Gasteiger partial charge on any atom is -0.316 e. The molecule has 0 atom stereocenters. The van der Waals surface area contributed by atoms with Gasteiger partial charge in [-0.1, -0.05) is 33.6 Å². The Kier molecular flexibility index (Phi) is 6.83. The average molecular weight is 243 g/mol. The molecule has 1 N–H and O–H groups in total. The summed E-state index contributed by atoms with van der Waals surface area (Å²) in [6.07, 6.45) is 7.27. The second kappa shape index (κ2) is 7.60. The third-order valence-electron chi connectivity index (χ3n) is 3.70. The molecular formula is C14H29NS. The van der Waals surface area contributed by atoms with Gasteiger partial charge in [-0.05, 0) is 48.6 Å². The van der Waals surface area contributed by atoms with Crippen LogP contribution in [0.5, 0.6) is 0 Å². The second-order valence-corrected chi connectivity index (χ2v) is 7.07. The van der Waals surface area contributed by atoms with E-state index in [0.29, 0.717) is 5.41 Å². The number of hydrogen-bond acceptors (Lipinski definition) is 2. The highest BCUT2D eigenvalue weighted by Crippen LogP contribution is 2.41. The van der Waals surface area contributed by atoms with Crippen molar-refractivity contribution in [2.24, 2.45) is 11.3 Å². The number of rotatable bonds is 8. The zero-order valence-electron chi connectivity index (χ0n) is 11.3. The average Bonchev–Trinajstić information content (AvgIpc) is 2.67. The number of nitrogens with one attached hydrogen (secondary N) is 1. The van der Waals surface area contributed by atoms with Crippen molar-refractivity contribution >= 4 is 11.8 Å². The van der Waals surface area contributed by atoms with E-state index in [4.69, 9.17) is 0 Å². The first-order chi connectivity index (χ1) is 7.68.